The maximum Gasteiger partial charge on any atom is 0.338 e. The summed E-state index contributed by atoms with van der Waals surface area (Å²) < 4.78 is 6.15. The number of benzene rings is 2. The van der Waals surface area contributed by atoms with Crippen LogP contribution in [0.25, 0.3) is 0 Å². The summed E-state index contributed by atoms with van der Waals surface area (Å²) in [6, 6.07) is 13.2. The normalized spacial score (nSPS) is 11.7. The molecule has 2 aromatic carbocycles. The average Bonchev–Trinajstić information content (AvgIpc) is 2.60. The Morgan fingerprint density at radius 2 is 1.80 bits per heavy atom. The third kappa shape index (κ3) is 5.43. The Labute approximate surface area is 156 Å². The van der Waals surface area contributed by atoms with Crippen LogP contribution in [0.1, 0.15) is 46.4 Å². The van der Waals surface area contributed by atoms with Crippen LogP contribution < -0.4 is 5.32 Å². The molecule has 0 aliphatic carbocycles. The van der Waals surface area contributed by atoms with Gasteiger partial charge in [-0.25, -0.2) is 4.79 Å². The fraction of sp³-hybridized carbons (Fsp3) is 0.300. The smallest absolute Gasteiger partial charge is 0.338 e. The van der Waals surface area contributed by atoms with Crippen molar-refractivity contribution in [2.24, 2.45) is 0 Å². The Kier molecular flexibility index (Phi) is 6.76. The number of nitrogens with one attached hydrogen (secondary N) is 1. The molecule has 4 nitrogen and oxygen atoms in total. The molecular formula is C20H22BrNO3. The highest BCUT2D eigenvalue weighted by molar-refractivity contribution is 9.10. The summed E-state index contributed by atoms with van der Waals surface area (Å²) >= 11 is 3.40. The first-order valence-corrected chi connectivity index (χ1v) is 8.99. The van der Waals surface area contributed by atoms with Crippen LogP contribution in [0.4, 0.5) is 0 Å². The fourth-order valence-corrected chi connectivity index (χ4v) is 2.78. The Hall–Kier alpha value is -2.14. The number of halogens is 1. The van der Waals surface area contributed by atoms with E-state index in [0.29, 0.717) is 5.56 Å². The van der Waals surface area contributed by atoms with Crippen molar-refractivity contribution >= 4 is 27.8 Å². The van der Waals surface area contributed by atoms with Gasteiger partial charge in [0.2, 0.25) is 0 Å². The van der Waals surface area contributed by atoms with Gasteiger partial charge in [0.15, 0.2) is 6.61 Å². The second kappa shape index (κ2) is 8.81. The maximum absolute atomic E-state index is 12.2. The van der Waals surface area contributed by atoms with Gasteiger partial charge in [-0.1, -0.05) is 52.7 Å². The zero-order valence-electron chi connectivity index (χ0n) is 14.6. The van der Waals surface area contributed by atoms with Gasteiger partial charge in [-0.05, 0) is 49.6 Å². The number of rotatable bonds is 6. The van der Waals surface area contributed by atoms with E-state index < -0.39 is 5.97 Å². The first kappa shape index (κ1) is 19.2. The van der Waals surface area contributed by atoms with Gasteiger partial charge in [0.25, 0.3) is 5.91 Å². The topological polar surface area (TPSA) is 55.4 Å². The predicted molar refractivity (Wildman–Crippen MR) is 102 cm³/mol. The molecule has 5 heteroatoms. The number of carbonyl (C=O) groups excluding carboxylic acids is 2. The number of ether oxygens (including phenoxy) is 1. The Morgan fingerprint density at radius 3 is 2.44 bits per heavy atom. The van der Waals surface area contributed by atoms with E-state index in [1.807, 2.05) is 57.2 Å². The van der Waals surface area contributed by atoms with Gasteiger partial charge in [-0.15, -0.1) is 0 Å². The van der Waals surface area contributed by atoms with Crippen LogP contribution in [-0.2, 0) is 9.53 Å². The van der Waals surface area contributed by atoms with Crippen LogP contribution in [0, 0.1) is 13.8 Å². The van der Waals surface area contributed by atoms with E-state index >= 15 is 0 Å². The molecule has 0 saturated carbocycles. The van der Waals surface area contributed by atoms with Gasteiger partial charge in [0.1, 0.15) is 0 Å². The molecule has 0 aliphatic heterocycles. The van der Waals surface area contributed by atoms with Crippen molar-refractivity contribution in [3.8, 4) is 0 Å². The molecule has 2 rings (SSSR count). The SMILES string of the molecule is CC[C@@H](NC(=O)COC(=O)c1cc(C)ccc1C)c1ccc(Br)cc1. The van der Waals surface area contributed by atoms with Gasteiger partial charge in [-0.3, -0.25) is 4.79 Å². The van der Waals surface area contributed by atoms with E-state index in [1.165, 1.54) is 0 Å². The minimum Gasteiger partial charge on any atom is -0.452 e. The number of carbonyl (C=O) groups is 2. The molecule has 0 aliphatic rings. The number of esters is 1. The summed E-state index contributed by atoms with van der Waals surface area (Å²) in [5.74, 6) is -0.790. The molecule has 0 unspecified atom stereocenters. The number of amides is 1. The quantitative estimate of drug-likeness (QED) is 0.722. The highest BCUT2D eigenvalue weighted by Gasteiger charge is 2.16. The molecule has 1 atom stereocenters. The minimum atomic E-state index is -0.479. The Balaban J connectivity index is 1.94. The molecule has 132 valence electrons. The van der Waals surface area contributed by atoms with E-state index in [0.717, 1.165) is 27.6 Å². The summed E-state index contributed by atoms with van der Waals surface area (Å²) in [5, 5.41) is 2.90. The second-order valence-electron chi connectivity index (χ2n) is 5.97. The van der Waals surface area contributed by atoms with Crippen molar-refractivity contribution in [3.05, 3.63) is 69.2 Å². The Morgan fingerprint density at radius 1 is 1.12 bits per heavy atom. The van der Waals surface area contributed by atoms with E-state index in [2.05, 4.69) is 21.2 Å². The molecule has 0 bridgehead atoms. The van der Waals surface area contributed by atoms with Gasteiger partial charge < -0.3 is 10.1 Å². The van der Waals surface area contributed by atoms with Crippen molar-refractivity contribution < 1.29 is 14.3 Å². The lowest BCUT2D eigenvalue weighted by molar-refractivity contribution is -0.125. The summed E-state index contributed by atoms with van der Waals surface area (Å²) in [4.78, 5) is 24.3. The molecule has 0 aromatic heterocycles. The summed E-state index contributed by atoms with van der Waals surface area (Å²) in [7, 11) is 0. The monoisotopic (exact) mass is 403 g/mol. The zero-order valence-corrected chi connectivity index (χ0v) is 16.2. The van der Waals surface area contributed by atoms with Crippen LogP contribution in [0.2, 0.25) is 0 Å². The highest BCUT2D eigenvalue weighted by Crippen LogP contribution is 2.19. The van der Waals surface area contributed by atoms with Crippen LogP contribution >= 0.6 is 15.9 Å². The third-order valence-corrected chi connectivity index (χ3v) is 4.49. The Bertz CT molecular complexity index is 756. The first-order chi connectivity index (χ1) is 11.9. The lowest BCUT2D eigenvalue weighted by Crippen LogP contribution is -2.32. The van der Waals surface area contributed by atoms with E-state index in [-0.39, 0.29) is 18.6 Å². The molecule has 0 radical (unpaired) electrons. The van der Waals surface area contributed by atoms with Crippen LogP contribution in [0.15, 0.2) is 46.9 Å². The van der Waals surface area contributed by atoms with Crippen molar-refractivity contribution in [1.29, 1.82) is 0 Å². The average molecular weight is 404 g/mol. The van der Waals surface area contributed by atoms with Gasteiger partial charge in [0, 0.05) is 4.47 Å². The largest absolute Gasteiger partial charge is 0.452 e. The predicted octanol–water partition coefficient (Wildman–Crippen LogP) is 4.49. The lowest BCUT2D eigenvalue weighted by atomic mass is 10.0. The molecule has 0 saturated heterocycles. The van der Waals surface area contributed by atoms with E-state index in [4.69, 9.17) is 4.74 Å². The molecule has 1 N–H and O–H groups in total. The van der Waals surface area contributed by atoms with Crippen molar-refractivity contribution in [3.63, 3.8) is 0 Å². The van der Waals surface area contributed by atoms with Crippen LogP contribution in [-0.4, -0.2) is 18.5 Å². The number of aryl methyl sites for hydroxylation is 2. The van der Waals surface area contributed by atoms with E-state index in [9.17, 15) is 9.59 Å². The maximum atomic E-state index is 12.2. The van der Waals surface area contributed by atoms with Gasteiger partial charge >= 0.3 is 5.97 Å². The molecule has 0 spiro atoms. The van der Waals surface area contributed by atoms with E-state index in [1.54, 1.807) is 6.07 Å². The summed E-state index contributed by atoms with van der Waals surface area (Å²) in [6.45, 7) is 5.46. The van der Waals surface area contributed by atoms with Gasteiger partial charge in [-0.2, -0.15) is 0 Å². The van der Waals surface area contributed by atoms with Crippen molar-refractivity contribution in [2.45, 2.75) is 33.2 Å². The third-order valence-electron chi connectivity index (χ3n) is 3.96. The van der Waals surface area contributed by atoms with Gasteiger partial charge in [0.05, 0.1) is 11.6 Å². The second-order valence-corrected chi connectivity index (χ2v) is 6.89. The fourth-order valence-electron chi connectivity index (χ4n) is 2.52. The minimum absolute atomic E-state index is 0.111. The number of hydrogen-bond donors (Lipinski definition) is 1. The zero-order chi connectivity index (χ0) is 18.4. The highest BCUT2D eigenvalue weighted by atomic mass is 79.9. The lowest BCUT2D eigenvalue weighted by Gasteiger charge is -2.17. The summed E-state index contributed by atoms with van der Waals surface area (Å²) in [6.07, 6.45) is 0.748. The van der Waals surface area contributed by atoms with Crippen molar-refractivity contribution in [1.82, 2.24) is 5.32 Å². The van der Waals surface area contributed by atoms with Crippen LogP contribution in [0.5, 0.6) is 0 Å². The molecule has 0 heterocycles. The molecule has 0 fully saturated rings. The van der Waals surface area contributed by atoms with Crippen molar-refractivity contribution in [2.75, 3.05) is 6.61 Å². The number of hydrogen-bond acceptors (Lipinski definition) is 3. The first-order valence-electron chi connectivity index (χ1n) is 8.20. The molecule has 2 aromatic rings. The summed E-state index contributed by atoms with van der Waals surface area (Å²) in [5.41, 5.74) is 3.31. The molecular weight excluding hydrogens is 382 g/mol. The standard InChI is InChI=1S/C20H22BrNO3/c1-4-18(15-7-9-16(21)10-8-15)22-19(23)12-25-20(24)17-11-13(2)5-6-14(17)3/h5-11,18H,4,12H2,1-3H3,(H,22,23)/t18-/m1/s1. The van der Waals surface area contributed by atoms with Crippen LogP contribution in [0.3, 0.4) is 0 Å². The molecule has 1 amide bonds. The molecule has 25 heavy (non-hydrogen) atoms.